The van der Waals surface area contributed by atoms with Crippen LogP contribution in [0.25, 0.3) is 0 Å². The number of primary amides is 1. The van der Waals surface area contributed by atoms with Crippen molar-refractivity contribution in [3.63, 3.8) is 0 Å². The Balaban J connectivity index is 1.89. The number of carbonyl (C=O) groups excluding carboxylic acids is 5. The lowest BCUT2D eigenvalue weighted by molar-refractivity contribution is -0.181. The third kappa shape index (κ3) is 2.65. The Kier molecular flexibility index (Phi) is 4.87. The standard InChI is InChI=1S/C22H23FN2O7/c1-7-4-11(26)13-9(15(7)23)5-8-6-10-16(25(2)3)18(28)14(21(24)31)20(30)22(10,32)19(29)12(8)17(13)27/h4,8,10,12,14,16,26,32H,5-6H2,1-3H3,(H2,24,31)/t8-,10-,12?,14?,16-,22-/m0/s1. The van der Waals surface area contributed by atoms with Gasteiger partial charge in [-0.1, -0.05) is 0 Å². The molecule has 10 heteroatoms. The van der Waals surface area contributed by atoms with Gasteiger partial charge in [0.15, 0.2) is 34.7 Å². The summed E-state index contributed by atoms with van der Waals surface area (Å²) in [7, 11) is 2.99. The fraction of sp³-hybridized carbons (Fsp3) is 0.500. The van der Waals surface area contributed by atoms with Gasteiger partial charge < -0.3 is 15.9 Å². The number of hydrogen-bond donors (Lipinski definition) is 3. The highest BCUT2D eigenvalue weighted by Crippen LogP contribution is 2.51. The number of amides is 1. The van der Waals surface area contributed by atoms with E-state index in [-0.39, 0.29) is 29.5 Å². The van der Waals surface area contributed by atoms with Crippen molar-refractivity contribution in [2.45, 2.75) is 31.4 Å². The molecule has 1 aromatic rings. The first kappa shape index (κ1) is 22.2. The van der Waals surface area contributed by atoms with Gasteiger partial charge in [0.25, 0.3) is 0 Å². The van der Waals surface area contributed by atoms with Crippen LogP contribution in [0.15, 0.2) is 6.07 Å². The van der Waals surface area contributed by atoms with E-state index in [1.54, 1.807) is 0 Å². The first-order valence-corrected chi connectivity index (χ1v) is 10.2. The normalized spacial score (nSPS) is 34.2. The molecule has 3 aliphatic carbocycles. The summed E-state index contributed by atoms with van der Waals surface area (Å²) in [5, 5.41) is 21.7. The zero-order chi connectivity index (χ0) is 23.9. The lowest BCUT2D eigenvalue weighted by Crippen LogP contribution is -2.74. The zero-order valence-electron chi connectivity index (χ0n) is 17.7. The summed E-state index contributed by atoms with van der Waals surface area (Å²) in [5.41, 5.74) is 2.22. The van der Waals surface area contributed by atoms with Crippen LogP contribution in [0.2, 0.25) is 0 Å². The molecule has 32 heavy (non-hydrogen) atoms. The van der Waals surface area contributed by atoms with Gasteiger partial charge in [0.05, 0.1) is 17.5 Å². The molecule has 0 saturated heterocycles. The monoisotopic (exact) mass is 446 g/mol. The first-order valence-electron chi connectivity index (χ1n) is 10.2. The van der Waals surface area contributed by atoms with Crippen molar-refractivity contribution in [3.05, 3.63) is 28.6 Å². The molecule has 0 heterocycles. The van der Waals surface area contributed by atoms with E-state index in [0.29, 0.717) is 0 Å². The number of rotatable bonds is 2. The lowest BCUT2D eigenvalue weighted by Gasteiger charge is -2.52. The number of nitrogens with zero attached hydrogens (tertiary/aromatic N) is 1. The Labute approximate surface area is 182 Å². The lowest BCUT2D eigenvalue weighted by atomic mass is 9.52. The number of phenolic OH excluding ortho intramolecular Hbond substituents is 1. The van der Waals surface area contributed by atoms with Crippen molar-refractivity contribution in [3.8, 4) is 5.75 Å². The zero-order valence-corrected chi connectivity index (χ0v) is 17.7. The van der Waals surface area contributed by atoms with Gasteiger partial charge in [-0.05, 0) is 51.4 Å². The number of aromatic hydroxyl groups is 1. The number of hydrogen-bond acceptors (Lipinski definition) is 8. The summed E-state index contributed by atoms with van der Waals surface area (Å²) in [6.07, 6.45) is -0.203. The highest BCUT2D eigenvalue weighted by molar-refractivity contribution is 6.32. The molecule has 9 nitrogen and oxygen atoms in total. The maximum atomic E-state index is 14.8. The molecule has 6 atom stereocenters. The number of aryl methyl sites for hydroxylation is 1. The van der Waals surface area contributed by atoms with Crippen LogP contribution in [-0.4, -0.2) is 69.9 Å². The number of benzene rings is 1. The van der Waals surface area contributed by atoms with Crippen molar-refractivity contribution in [2.24, 2.45) is 29.4 Å². The summed E-state index contributed by atoms with van der Waals surface area (Å²) in [6, 6.07) is -0.111. The molecule has 0 radical (unpaired) electrons. The van der Waals surface area contributed by atoms with E-state index in [0.717, 1.165) is 6.07 Å². The minimum absolute atomic E-state index is 0.0307. The summed E-state index contributed by atoms with van der Waals surface area (Å²) in [6.45, 7) is 1.43. The van der Waals surface area contributed by atoms with Crippen LogP contribution in [0, 0.1) is 36.4 Å². The quantitative estimate of drug-likeness (QED) is 0.505. The topological polar surface area (TPSA) is 155 Å². The van der Waals surface area contributed by atoms with Crippen molar-refractivity contribution in [2.75, 3.05) is 14.1 Å². The molecule has 1 aromatic carbocycles. The molecule has 2 fully saturated rings. The minimum Gasteiger partial charge on any atom is -0.507 e. The Morgan fingerprint density at radius 2 is 1.84 bits per heavy atom. The highest BCUT2D eigenvalue weighted by Gasteiger charge is 2.69. The van der Waals surface area contributed by atoms with Crippen molar-refractivity contribution < 1.29 is 38.6 Å². The molecule has 0 aromatic heterocycles. The second-order valence-electron chi connectivity index (χ2n) is 9.17. The molecular formula is C22H23FN2O7. The number of nitrogens with two attached hydrogens (primary N) is 1. The Morgan fingerprint density at radius 1 is 1.22 bits per heavy atom. The largest absolute Gasteiger partial charge is 0.507 e. The van der Waals surface area contributed by atoms with E-state index in [1.807, 2.05) is 0 Å². The Hall–Kier alpha value is -2.98. The van der Waals surface area contributed by atoms with Crippen molar-refractivity contribution >= 4 is 29.0 Å². The summed E-state index contributed by atoms with van der Waals surface area (Å²) < 4.78 is 14.8. The molecule has 0 aliphatic heterocycles. The predicted molar refractivity (Wildman–Crippen MR) is 106 cm³/mol. The van der Waals surface area contributed by atoms with Gasteiger partial charge in [0.2, 0.25) is 5.91 Å². The highest BCUT2D eigenvalue weighted by atomic mass is 19.1. The van der Waals surface area contributed by atoms with E-state index >= 15 is 0 Å². The molecule has 4 N–H and O–H groups in total. The van der Waals surface area contributed by atoms with E-state index in [1.165, 1.54) is 25.9 Å². The third-order valence-corrected chi connectivity index (χ3v) is 7.18. The smallest absolute Gasteiger partial charge is 0.235 e. The summed E-state index contributed by atoms with van der Waals surface area (Å²) in [5.74, 6) is -12.2. The molecule has 0 spiro atoms. The second-order valence-corrected chi connectivity index (χ2v) is 9.17. The van der Waals surface area contributed by atoms with Crippen LogP contribution in [0.1, 0.15) is 27.9 Å². The minimum atomic E-state index is -2.78. The molecule has 170 valence electrons. The fourth-order valence-electron chi connectivity index (χ4n) is 5.79. The van der Waals surface area contributed by atoms with Gasteiger partial charge in [-0.2, -0.15) is 0 Å². The third-order valence-electron chi connectivity index (χ3n) is 7.18. The number of Topliss-reactive ketones (excluding diaryl/α,β-unsaturated/α-hetero) is 4. The molecular weight excluding hydrogens is 423 g/mol. The summed E-state index contributed by atoms with van der Waals surface area (Å²) >= 11 is 0. The van der Waals surface area contributed by atoms with Crippen LogP contribution >= 0.6 is 0 Å². The predicted octanol–water partition coefficient (Wildman–Crippen LogP) is -0.685. The maximum absolute atomic E-state index is 14.8. The summed E-state index contributed by atoms with van der Waals surface area (Å²) in [4.78, 5) is 66.0. The average molecular weight is 446 g/mol. The van der Waals surface area contributed by atoms with Crippen LogP contribution in [0.4, 0.5) is 4.39 Å². The number of phenols is 1. The number of fused-ring (bicyclic) bond motifs is 3. The SMILES string of the molecule is Cc1cc(O)c2c(c1F)C[C@H]1C[C@H]3[C@H](N(C)C)C(=O)C(C(N)=O)C(=O)[C@@]3(O)C(=O)C1C2=O. The number of carbonyl (C=O) groups is 5. The van der Waals surface area contributed by atoms with Gasteiger partial charge in [0, 0.05) is 11.5 Å². The van der Waals surface area contributed by atoms with E-state index < -0.39 is 75.9 Å². The second kappa shape index (κ2) is 7.01. The maximum Gasteiger partial charge on any atom is 0.235 e. The van der Waals surface area contributed by atoms with Crippen LogP contribution in [0.5, 0.6) is 5.75 Å². The molecule has 3 aliphatic rings. The van der Waals surface area contributed by atoms with Gasteiger partial charge in [-0.3, -0.25) is 28.9 Å². The van der Waals surface area contributed by atoms with Crippen LogP contribution in [-0.2, 0) is 25.6 Å². The Bertz CT molecular complexity index is 1110. The molecule has 4 rings (SSSR count). The fourth-order valence-corrected chi connectivity index (χ4v) is 5.79. The van der Waals surface area contributed by atoms with Crippen LogP contribution in [0.3, 0.4) is 0 Å². The Morgan fingerprint density at radius 3 is 2.41 bits per heavy atom. The molecule has 1 amide bonds. The number of halogens is 1. The van der Waals surface area contributed by atoms with Gasteiger partial charge in [0.1, 0.15) is 11.6 Å². The number of ketones is 4. The van der Waals surface area contributed by atoms with Crippen molar-refractivity contribution in [1.82, 2.24) is 4.90 Å². The van der Waals surface area contributed by atoms with Gasteiger partial charge in [-0.25, -0.2) is 4.39 Å². The van der Waals surface area contributed by atoms with Gasteiger partial charge >= 0.3 is 0 Å². The number of aliphatic hydroxyl groups is 1. The molecule has 2 saturated carbocycles. The molecule has 0 bridgehead atoms. The number of likely N-dealkylation sites (N-methyl/N-ethyl adjacent to an activating group) is 1. The van der Waals surface area contributed by atoms with Crippen molar-refractivity contribution in [1.29, 1.82) is 0 Å². The molecule has 2 unspecified atom stereocenters. The van der Waals surface area contributed by atoms with E-state index in [4.69, 9.17) is 5.73 Å². The van der Waals surface area contributed by atoms with Gasteiger partial charge in [-0.15, -0.1) is 0 Å². The van der Waals surface area contributed by atoms with Crippen LogP contribution < -0.4 is 5.73 Å². The average Bonchev–Trinajstić information content (AvgIpc) is 2.68. The first-order chi connectivity index (χ1) is 14.8. The van der Waals surface area contributed by atoms with E-state index in [2.05, 4.69) is 0 Å². The van der Waals surface area contributed by atoms with E-state index in [9.17, 15) is 38.6 Å².